The van der Waals surface area contributed by atoms with E-state index in [1.165, 1.54) is 0 Å². The van der Waals surface area contributed by atoms with Crippen molar-refractivity contribution < 1.29 is 0 Å². The highest BCUT2D eigenvalue weighted by atomic mass is 15.3. The molecule has 0 aliphatic heterocycles. The summed E-state index contributed by atoms with van der Waals surface area (Å²) in [5.74, 6) is 0.672. The van der Waals surface area contributed by atoms with Gasteiger partial charge in [0, 0.05) is 6.21 Å². The quantitative estimate of drug-likeness (QED) is 0.545. The van der Waals surface area contributed by atoms with E-state index < -0.39 is 0 Å². The Kier molecular flexibility index (Phi) is 3.19. The average molecular weight is 164 g/mol. The van der Waals surface area contributed by atoms with E-state index in [0.717, 1.165) is 12.1 Å². The SMILES string of the molecule is CCC=NNc1ccc(C)nn1. The lowest BCUT2D eigenvalue weighted by molar-refractivity contribution is 0.975. The van der Waals surface area contributed by atoms with Crippen molar-refractivity contribution in [2.45, 2.75) is 20.3 Å². The van der Waals surface area contributed by atoms with Crippen LogP contribution in [0.25, 0.3) is 0 Å². The van der Waals surface area contributed by atoms with Crippen molar-refractivity contribution in [3.05, 3.63) is 17.8 Å². The van der Waals surface area contributed by atoms with Crippen molar-refractivity contribution >= 4 is 12.0 Å². The van der Waals surface area contributed by atoms with Crippen LogP contribution in [0.3, 0.4) is 0 Å². The first-order valence-corrected chi connectivity index (χ1v) is 3.91. The molecule has 4 heteroatoms. The van der Waals surface area contributed by atoms with Crippen LogP contribution >= 0.6 is 0 Å². The molecule has 0 unspecified atom stereocenters. The van der Waals surface area contributed by atoms with E-state index in [0.29, 0.717) is 5.82 Å². The van der Waals surface area contributed by atoms with Gasteiger partial charge in [-0.3, -0.25) is 5.43 Å². The summed E-state index contributed by atoms with van der Waals surface area (Å²) in [7, 11) is 0. The molecular weight excluding hydrogens is 152 g/mol. The van der Waals surface area contributed by atoms with Crippen molar-refractivity contribution in [2.24, 2.45) is 5.10 Å². The number of nitrogens with zero attached hydrogens (tertiary/aromatic N) is 3. The number of rotatable bonds is 3. The van der Waals surface area contributed by atoms with Crippen LogP contribution in [0.15, 0.2) is 17.2 Å². The van der Waals surface area contributed by atoms with Gasteiger partial charge in [0.1, 0.15) is 0 Å². The van der Waals surface area contributed by atoms with Crippen molar-refractivity contribution in [3.8, 4) is 0 Å². The normalized spacial score (nSPS) is 10.5. The third-order valence-electron chi connectivity index (χ3n) is 1.25. The number of aromatic nitrogens is 2. The van der Waals surface area contributed by atoms with Gasteiger partial charge < -0.3 is 0 Å². The van der Waals surface area contributed by atoms with Crippen molar-refractivity contribution in [2.75, 3.05) is 5.43 Å². The standard InChI is InChI=1S/C8H12N4/c1-3-6-9-11-8-5-4-7(2)10-12-8/h4-6H,3H2,1-2H3,(H,11,12). The molecule has 0 radical (unpaired) electrons. The second-order valence-electron chi connectivity index (χ2n) is 2.39. The molecule has 0 bridgehead atoms. The molecule has 64 valence electrons. The number of hydrogen-bond acceptors (Lipinski definition) is 4. The lowest BCUT2D eigenvalue weighted by Crippen LogP contribution is -1.94. The summed E-state index contributed by atoms with van der Waals surface area (Å²) >= 11 is 0. The summed E-state index contributed by atoms with van der Waals surface area (Å²) in [6.07, 6.45) is 2.69. The summed E-state index contributed by atoms with van der Waals surface area (Å²) in [6, 6.07) is 3.73. The minimum atomic E-state index is 0.672. The Morgan fingerprint density at radius 2 is 2.33 bits per heavy atom. The second kappa shape index (κ2) is 4.43. The van der Waals surface area contributed by atoms with Crippen molar-refractivity contribution in [1.29, 1.82) is 0 Å². The zero-order valence-electron chi connectivity index (χ0n) is 7.28. The molecule has 0 saturated heterocycles. The van der Waals surface area contributed by atoms with Crippen LogP contribution < -0.4 is 5.43 Å². The zero-order chi connectivity index (χ0) is 8.81. The van der Waals surface area contributed by atoms with Gasteiger partial charge in [-0.2, -0.15) is 10.2 Å². The van der Waals surface area contributed by atoms with E-state index in [4.69, 9.17) is 0 Å². The van der Waals surface area contributed by atoms with E-state index in [2.05, 4.69) is 20.7 Å². The fourth-order valence-corrected chi connectivity index (χ4v) is 0.662. The molecule has 0 aromatic carbocycles. The highest BCUT2D eigenvalue weighted by Crippen LogP contribution is 1.99. The Morgan fingerprint density at radius 3 is 2.92 bits per heavy atom. The highest BCUT2D eigenvalue weighted by Gasteiger charge is 1.89. The molecule has 0 aliphatic carbocycles. The van der Waals surface area contributed by atoms with E-state index in [1.807, 2.05) is 26.0 Å². The Labute approximate surface area is 71.7 Å². The van der Waals surface area contributed by atoms with Gasteiger partial charge in [-0.1, -0.05) is 6.92 Å². The second-order valence-corrected chi connectivity index (χ2v) is 2.39. The Morgan fingerprint density at radius 1 is 1.50 bits per heavy atom. The topological polar surface area (TPSA) is 50.2 Å². The molecule has 1 aromatic rings. The molecule has 0 amide bonds. The smallest absolute Gasteiger partial charge is 0.168 e. The molecular formula is C8H12N4. The van der Waals surface area contributed by atoms with Crippen LogP contribution in [0.4, 0.5) is 5.82 Å². The minimum Gasteiger partial charge on any atom is -0.260 e. The first-order chi connectivity index (χ1) is 5.83. The molecule has 0 fully saturated rings. The van der Waals surface area contributed by atoms with E-state index in [9.17, 15) is 0 Å². The molecule has 12 heavy (non-hydrogen) atoms. The zero-order valence-corrected chi connectivity index (χ0v) is 7.28. The molecule has 1 rings (SSSR count). The fraction of sp³-hybridized carbons (Fsp3) is 0.375. The number of nitrogens with one attached hydrogen (secondary N) is 1. The fourth-order valence-electron chi connectivity index (χ4n) is 0.662. The van der Waals surface area contributed by atoms with E-state index >= 15 is 0 Å². The lowest BCUT2D eigenvalue weighted by Gasteiger charge is -1.96. The first kappa shape index (κ1) is 8.64. The third-order valence-corrected chi connectivity index (χ3v) is 1.25. The van der Waals surface area contributed by atoms with Crippen LogP contribution in [0.2, 0.25) is 0 Å². The molecule has 0 atom stereocenters. The minimum absolute atomic E-state index is 0.672. The van der Waals surface area contributed by atoms with Gasteiger partial charge in [0.2, 0.25) is 0 Å². The monoisotopic (exact) mass is 164 g/mol. The van der Waals surface area contributed by atoms with Gasteiger partial charge in [-0.25, -0.2) is 0 Å². The van der Waals surface area contributed by atoms with Crippen LogP contribution in [0, 0.1) is 6.92 Å². The number of hydrazone groups is 1. The van der Waals surface area contributed by atoms with Gasteiger partial charge in [0.05, 0.1) is 5.69 Å². The molecule has 1 N–H and O–H groups in total. The summed E-state index contributed by atoms with van der Waals surface area (Å²) in [6.45, 7) is 3.91. The van der Waals surface area contributed by atoms with Gasteiger partial charge in [-0.15, -0.1) is 5.10 Å². The molecule has 1 aromatic heterocycles. The van der Waals surface area contributed by atoms with Gasteiger partial charge in [0.15, 0.2) is 5.82 Å². The summed E-state index contributed by atoms with van der Waals surface area (Å²) < 4.78 is 0. The predicted molar refractivity (Wildman–Crippen MR) is 49.2 cm³/mol. The number of hydrogen-bond donors (Lipinski definition) is 1. The predicted octanol–water partition coefficient (Wildman–Crippen LogP) is 1.59. The van der Waals surface area contributed by atoms with Crippen LogP contribution in [0.5, 0.6) is 0 Å². The van der Waals surface area contributed by atoms with E-state index in [-0.39, 0.29) is 0 Å². The van der Waals surface area contributed by atoms with Crippen LogP contribution in [-0.4, -0.2) is 16.4 Å². The van der Waals surface area contributed by atoms with Crippen molar-refractivity contribution in [1.82, 2.24) is 10.2 Å². The van der Waals surface area contributed by atoms with Crippen molar-refractivity contribution in [3.63, 3.8) is 0 Å². The average Bonchev–Trinajstić information content (AvgIpc) is 2.09. The molecule has 1 heterocycles. The molecule has 0 spiro atoms. The summed E-state index contributed by atoms with van der Waals surface area (Å²) in [5.41, 5.74) is 3.67. The maximum absolute atomic E-state index is 3.91. The van der Waals surface area contributed by atoms with Crippen LogP contribution in [-0.2, 0) is 0 Å². The maximum atomic E-state index is 3.91. The van der Waals surface area contributed by atoms with Gasteiger partial charge in [-0.05, 0) is 25.5 Å². The Balaban J connectivity index is 2.53. The summed E-state index contributed by atoms with van der Waals surface area (Å²) in [4.78, 5) is 0. The van der Waals surface area contributed by atoms with Gasteiger partial charge >= 0.3 is 0 Å². The first-order valence-electron chi connectivity index (χ1n) is 3.91. The number of anilines is 1. The molecule has 4 nitrogen and oxygen atoms in total. The Hall–Kier alpha value is -1.45. The summed E-state index contributed by atoms with van der Waals surface area (Å²) in [5, 5.41) is 11.7. The number of aryl methyl sites for hydroxylation is 1. The van der Waals surface area contributed by atoms with Crippen LogP contribution in [0.1, 0.15) is 19.0 Å². The third kappa shape index (κ3) is 2.65. The lowest BCUT2D eigenvalue weighted by atomic mass is 10.4. The van der Waals surface area contributed by atoms with Gasteiger partial charge in [0.25, 0.3) is 0 Å². The Bertz CT molecular complexity index is 252. The largest absolute Gasteiger partial charge is 0.260 e. The van der Waals surface area contributed by atoms with E-state index in [1.54, 1.807) is 6.21 Å². The highest BCUT2D eigenvalue weighted by molar-refractivity contribution is 5.58. The maximum Gasteiger partial charge on any atom is 0.168 e. The molecule has 0 saturated carbocycles. The molecule has 0 aliphatic rings.